The molecule has 1 saturated heterocycles. The molecule has 6 nitrogen and oxygen atoms in total. The van der Waals surface area contributed by atoms with E-state index < -0.39 is 6.10 Å². The maximum absolute atomic E-state index is 13.3. The van der Waals surface area contributed by atoms with Gasteiger partial charge in [-0.3, -0.25) is 9.59 Å². The summed E-state index contributed by atoms with van der Waals surface area (Å²) < 4.78 is 5.85. The van der Waals surface area contributed by atoms with Gasteiger partial charge in [-0.1, -0.05) is 17.7 Å². The summed E-state index contributed by atoms with van der Waals surface area (Å²) in [4.78, 5) is 26.2. The largest absolute Gasteiger partial charge is 0.481 e. The first kappa shape index (κ1) is 21.1. The third kappa shape index (κ3) is 5.95. The van der Waals surface area contributed by atoms with Crippen LogP contribution in [0.4, 0.5) is 11.4 Å². The maximum atomic E-state index is 13.3. The molecule has 2 N–H and O–H groups in total. The van der Waals surface area contributed by atoms with E-state index in [1.165, 1.54) is 6.92 Å². The van der Waals surface area contributed by atoms with Crippen molar-refractivity contribution >= 4 is 34.8 Å². The van der Waals surface area contributed by atoms with E-state index in [9.17, 15) is 9.59 Å². The van der Waals surface area contributed by atoms with Gasteiger partial charge in [0.1, 0.15) is 5.75 Å². The number of halogens is 1. The van der Waals surface area contributed by atoms with Gasteiger partial charge in [0.05, 0.1) is 0 Å². The topological polar surface area (TPSA) is 70.7 Å². The SMILES string of the molecule is CC(=O)Nc1ccc(N(C[C@H]2CCCN2)C(=O)[C@H](C)Oc2cccc(Cl)c2)cc1. The number of hydrogen-bond donors (Lipinski definition) is 2. The molecule has 0 aromatic heterocycles. The Balaban J connectivity index is 1.78. The Bertz CT molecular complexity index is 851. The Morgan fingerprint density at radius 1 is 1.28 bits per heavy atom. The molecule has 0 bridgehead atoms. The molecule has 1 fully saturated rings. The minimum absolute atomic E-state index is 0.133. The zero-order valence-corrected chi connectivity index (χ0v) is 17.4. The fourth-order valence-electron chi connectivity index (χ4n) is 3.40. The normalized spacial score (nSPS) is 16.9. The van der Waals surface area contributed by atoms with E-state index in [2.05, 4.69) is 10.6 Å². The predicted molar refractivity (Wildman–Crippen MR) is 116 cm³/mol. The second kappa shape index (κ2) is 9.76. The Kier molecular flexibility index (Phi) is 7.12. The third-order valence-corrected chi connectivity index (χ3v) is 5.02. The highest BCUT2D eigenvalue weighted by atomic mass is 35.5. The molecule has 0 spiro atoms. The summed E-state index contributed by atoms with van der Waals surface area (Å²) in [6, 6.07) is 14.5. The van der Waals surface area contributed by atoms with Crippen LogP contribution in [0.2, 0.25) is 5.02 Å². The summed E-state index contributed by atoms with van der Waals surface area (Å²) in [7, 11) is 0. The quantitative estimate of drug-likeness (QED) is 0.720. The molecule has 0 saturated carbocycles. The van der Waals surface area contributed by atoms with Crippen LogP contribution in [0, 0.1) is 0 Å². The van der Waals surface area contributed by atoms with E-state index in [1.807, 2.05) is 12.1 Å². The molecule has 0 aliphatic carbocycles. The molecule has 1 aliphatic heterocycles. The third-order valence-electron chi connectivity index (χ3n) is 4.79. The highest BCUT2D eigenvalue weighted by Gasteiger charge is 2.27. The highest BCUT2D eigenvalue weighted by molar-refractivity contribution is 6.30. The maximum Gasteiger partial charge on any atom is 0.267 e. The van der Waals surface area contributed by atoms with Gasteiger partial charge in [-0.2, -0.15) is 0 Å². The van der Waals surface area contributed by atoms with Crippen LogP contribution in [0.1, 0.15) is 26.7 Å². The van der Waals surface area contributed by atoms with Gasteiger partial charge in [0, 0.05) is 35.9 Å². The van der Waals surface area contributed by atoms with E-state index in [0.29, 0.717) is 23.0 Å². The number of rotatable bonds is 7. The fourth-order valence-corrected chi connectivity index (χ4v) is 3.58. The van der Waals surface area contributed by atoms with Crippen molar-refractivity contribution in [3.8, 4) is 5.75 Å². The van der Waals surface area contributed by atoms with E-state index in [0.717, 1.165) is 25.1 Å². The first-order valence-electron chi connectivity index (χ1n) is 9.77. The molecule has 0 unspecified atom stereocenters. The van der Waals surface area contributed by atoms with E-state index >= 15 is 0 Å². The van der Waals surface area contributed by atoms with E-state index in [-0.39, 0.29) is 17.9 Å². The number of anilines is 2. The van der Waals surface area contributed by atoms with Crippen molar-refractivity contribution in [2.75, 3.05) is 23.3 Å². The number of nitrogens with one attached hydrogen (secondary N) is 2. The second-order valence-corrected chi connectivity index (χ2v) is 7.62. The smallest absolute Gasteiger partial charge is 0.267 e. The molecule has 0 radical (unpaired) electrons. The average molecular weight is 416 g/mol. The minimum Gasteiger partial charge on any atom is -0.481 e. The second-order valence-electron chi connectivity index (χ2n) is 7.19. The van der Waals surface area contributed by atoms with Gasteiger partial charge >= 0.3 is 0 Å². The number of carbonyl (C=O) groups excluding carboxylic acids is 2. The zero-order chi connectivity index (χ0) is 20.8. The molecule has 29 heavy (non-hydrogen) atoms. The van der Waals surface area contributed by atoms with Crippen LogP contribution in [-0.4, -0.2) is 37.0 Å². The Morgan fingerprint density at radius 2 is 2.03 bits per heavy atom. The zero-order valence-electron chi connectivity index (χ0n) is 16.7. The molecule has 3 rings (SSSR count). The first-order valence-corrected chi connectivity index (χ1v) is 10.1. The molecular formula is C22H26ClN3O3. The number of amides is 2. The number of carbonyl (C=O) groups is 2. The van der Waals surface area contributed by atoms with Crippen molar-refractivity contribution in [1.29, 1.82) is 0 Å². The van der Waals surface area contributed by atoms with Crippen LogP contribution in [-0.2, 0) is 9.59 Å². The lowest BCUT2D eigenvalue weighted by molar-refractivity contribution is -0.124. The van der Waals surface area contributed by atoms with E-state index in [4.69, 9.17) is 16.3 Å². The van der Waals surface area contributed by atoms with Crippen LogP contribution < -0.4 is 20.3 Å². The molecular weight excluding hydrogens is 390 g/mol. The van der Waals surface area contributed by atoms with Crippen molar-refractivity contribution in [2.45, 2.75) is 38.8 Å². The fraction of sp³-hybridized carbons (Fsp3) is 0.364. The molecule has 2 aromatic carbocycles. The molecule has 1 heterocycles. The summed E-state index contributed by atoms with van der Waals surface area (Å²) in [5, 5.41) is 6.74. The summed E-state index contributed by atoms with van der Waals surface area (Å²) in [6.07, 6.45) is 1.45. The summed E-state index contributed by atoms with van der Waals surface area (Å²) >= 11 is 6.02. The lowest BCUT2D eigenvalue weighted by Crippen LogP contribution is -2.46. The lowest BCUT2D eigenvalue weighted by Gasteiger charge is -2.29. The predicted octanol–water partition coefficient (Wildman–Crippen LogP) is 3.85. The Hall–Kier alpha value is -2.57. The molecule has 2 atom stereocenters. The van der Waals surface area contributed by atoms with Crippen molar-refractivity contribution in [2.24, 2.45) is 0 Å². The van der Waals surface area contributed by atoms with Gasteiger partial charge in [0.25, 0.3) is 5.91 Å². The van der Waals surface area contributed by atoms with Crippen molar-refractivity contribution < 1.29 is 14.3 Å². The first-order chi connectivity index (χ1) is 13.9. The molecule has 7 heteroatoms. The lowest BCUT2D eigenvalue weighted by atomic mass is 10.1. The van der Waals surface area contributed by atoms with Crippen LogP contribution in [0.5, 0.6) is 5.75 Å². The van der Waals surface area contributed by atoms with Gasteiger partial charge in [0.15, 0.2) is 6.10 Å². The number of benzene rings is 2. The van der Waals surface area contributed by atoms with Gasteiger partial charge in [-0.05, 0) is 68.8 Å². The van der Waals surface area contributed by atoms with E-state index in [1.54, 1.807) is 48.2 Å². The number of hydrogen-bond acceptors (Lipinski definition) is 4. The van der Waals surface area contributed by atoms with Crippen molar-refractivity contribution in [3.63, 3.8) is 0 Å². The summed E-state index contributed by atoms with van der Waals surface area (Å²) in [5.41, 5.74) is 1.45. The average Bonchev–Trinajstić information content (AvgIpc) is 3.19. The monoisotopic (exact) mass is 415 g/mol. The van der Waals surface area contributed by atoms with Crippen molar-refractivity contribution in [1.82, 2.24) is 5.32 Å². The minimum atomic E-state index is -0.676. The number of nitrogens with zero attached hydrogens (tertiary/aromatic N) is 1. The van der Waals surface area contributed by atoms with Gasteiger partial charge in [-0.15, -0.1) is 0 Å². The summed E-state index contributed by atoms with van der Waals surface area (Å²) in [6.45, 7) is 4.72. The molecule has 2 aromatic rings. The Morgan fingerprint density at radius 3 is 2.66 bits per heavy atom. The Labute approximate surface area is 176 Å². The standard InChI is InChI=1S/C22H26ClN3O3/c1-15(29-21-7-3-5-17(23)13-21)22(28)26(14-19-6-4-12-24-19)20-10-8-18(9-11-20)25-16(2)27/h3,5,7-11,13,15,19,24H,4,6,12,14H2,1-2H3,(H,25,27)/t15-,19+/m0/s1. The molecule has 1 aliphatic rings. The van der Waals surface area contributed by atoms with Gasteiger partial charge in [-0.25, -0.2) is 0 Å². The van der Waals surface area contributed by atoms with Gasteiger partial charge < -0.3 is 20.3 Å². The van der Waals surface area contributed by atoms with Gasteiger partial charge in [0.2, 0.25) is 5.91 Å². The van der Waals surface area contributed by atoms with Crippen LogP contribution >= 0.6 is 11.6 Å². The number of ether oxygens (including phenoxy) is 1. The van der Waals surface area contributed by atoms with Crippen LogP contribution in [0.15, 0.2) is 48.5 Å². The van der Waals surface area contributed by atoms with Crippen LogP contribution in [0.3, 0.4) is 0 Å². The summed E-state index contributed by atoms with van der Waals surface area (Å²) in [5.74, 6) is 0.286. The highest BCUT2D eigenvalue weighted by Crippen LogP contribution is 2.23. The van der Waals surface area contributed by atoms with Crippen LogP contribution in [0.25, 0.3) is 0 Å². The molecule has 154 valence electrons. The molecule has 2 amide bonds. The van der Waals surface area contributed by atoms with Crippen molar-refractivity contribution in [3.05, 3.63) is 53.6 Å².